The molecule has 0 saturated heterocycles. The first-order valence-electron chi connectivity index (χ1n) is 13.3. The van der Waals surface area contributed by atoms with Gasteiger partial charge >= 0.3 is 0 Å². The van der Waals surface area contributed by atoms with Crippen molar-refractivity contribution in [3.05, 3.63) is 65.7 Å². The SMILES string of the molecule is COc1cccc(OC)c1-n1c(-c2ccc(C)o2)nnc1N(CCS(C)(C)C)S(=O)(=O)[C@@H](C)[C@@H](O)c1ccc(C#N)cn1. The first-order chi connectivity index (χ1) is 20.3. The van der Waals surface area contributed by atoms with Crippen LogP contribution in [-0.4, -0.2) is 83.8 Å². The zero-order valence-electron chi connectivity index (χ0n) is 25.2. The van der Waals surface area contributed by atoms with Crippen LogP contribution in [0, 0.1) is 18.3 Å². The number of nitrogens with zero attached hydrogens (tertiary/aromatic N) is 6. The molecule has 0 saturated carbocycles. The quantitative estimate of drug-likeness (QED) is 0.243. The smallest absolute Gasteiger partial charge is 0.246 e. The highest BCUT2D eigenvalue weighted by molar-refractivity contribution is 8.32. The van der Waals surface area contributed by atoms with Crippen molar-refractivity contribution in [2.45, 2.75) is 25.2 Å². The summed E-state index contributed by atoms with van der Waals surface area (Å²) < 4.78 is 48.9. The molecule has 0 spiro atoms. The molecule has 1 N–H and O–H groups in total. The molecule has 4 aromatic rings. The lowest BCUT2D eigenvalue weighted by Gasteiger charge is -2.33. The highest BCUT2D eigenvalue weighted by atomic mass is 32.3. The van der Waals surface area contributed by atoms with Gasteiger partial charge in [0.05, 0.1) is 25.5 Å². The number of aromatic nitrogens is 4. The number of sulfonamides is 1. The first-order valence-corrected chi connectivity index (χ1v) is 17.8. The number of furan rings is 1. The molecule has 1 aromatic carbocycles. The van der Waals surface area contributed by atoms with Crippen LogP contribution in [0.15, 0.2) is 53.1 Å². The van der Waals surface area contributed by atoms with E-state index in [1.54, 1.807) is 41.8 Å². The van der Waals surface area contributed by atoms with E-state index >= 15 is 0 Å². The molecule has 230 valence electrons. The number of hydrogen-bond donors (Lipinski definition) is 1. The summed E-state index contributed by atoms with van der Waals surface area (Å²) in [5.41, 5.74) is 0.790. The second kappa shape index (κ2) is 12.7. The second-order valence-corrected chi connectivity index (χ2v) is 17.5. The lowest BCUT2D eigenvalue weighted by molar-refractivity contribution is 0.171. The van der Waals surface area contributed by atoms with Crippen molar-refractivity contribution in [1.29, 1.82) is 5.26 Å². The molecule has 0 aliphatic heterocycles. The van der Waals surface area contributed by atoms with Gasteiger partial charge in [-0.1, -0.05) is 6.07 Å². The highest BCUT2D eigenvalue weighted by Crippen LogP contribution is 2.41. The van der Waals surface area contributed by atoms with Crippen molar-refractivity contribution >= 4 is 26.0 Å². The number of aliphatic hydroxyl groups excluding tert-OH is 1. The second-order valence-electron chi connectivity index (χ2n) is 10.7. The number of anilines is 1. The van der Waals surface area contributed by atoms with E-state index in [0.29, 0.717) is 40.0 Å². The van der Waals surface area contributed by atoms with Gasteiger partial charge in [-0.15, -0.1) is 10.2 Å². The molecule has 14 heteroatoms. The zero-order valence-corrected chi connectivity index (χ0v) is 26.8. The van der Waals surface area contributed by atoms with Crippen molar-refractivity contribution in [1.82, 2.24) is 19.7 Å². The minimum Gasteiger partial charge on any atom is -0.494 e. The highest BCUT2D eigenvalue weighted by Gasteiger charge is 2.39. The molecule has 2 atom stereocenters. The maximum Gasteiger partial charge on any atom is 0.246 e. The average molecular weight is 629 g/mol. The van der Waals surface area contributed by atoms with Crippen LogP contribution in [0.2, 0.25) is 0 Å². The molecule has 3 aromatic heterocycles. The van der Waals surface area contributed by atoms with Crippen LogP contribution >= 0.6 is 10.0 Å². The molecule has 12 nitrogen and oxygen atoms in total. The number of para-hydroxylation sites is 1. The minimum atomic E-state index is -4.32. The van der Waals surface area contributed by atoms with Gasteiger partial charge < -0.3 is 19.0 Å². The van der Waals surface area contributed by atoms with Gasteiger partial charge in [-0.25, -0.2) is 22.8 Å². The molecule has 0 aliphatic carbocycles. The van der Waals surface area contributed by atoms with E-state index in [1.807, 2.05) is 6.07 Å². The molecule has 4 rings (SSSR count). The fraction of sp³-hybridized carbons (Fsp3) is 0.379. The maximum atomic E-state index is 14.5. The van der Waals surface area contributed by atoms with Crippen LogP contribution in [0.4, 0.5) is 5.95 Å². The fourth-order valence-electron chi connectivity index (χ4n) is 4.36. The predicted molar refractivity (Wildman–Crippen MR) is 167 cm³/mol. The van der Waals surface area contributed by atoms with Crippen LogP contribution in [0.3, 0.4) is 0 Å². The summed E-state index contributed by atoms with van der Waals surface area (Å²) in [7, 11) is -2.49. The number of aliphatic hydroxyl groups is 1. The molecular formula is C29H36N6O6S2. The predicted octanol–water partition coefficient (Wildman–Crippen LogP) is 4.07. The number of nitriles is 1. The Hall–Kier alpha value is -4.06. The number of rotatable bonds is 12. The van der Waals surface area contributed by atoms with E-state index in [1.165, 1.54) is 43.8 Å². The zero-order chi connectivity index (χ0) is 31.5. The van der Waals surface area contributed by atoms with Gasteiger partial charge in [0.1, 0.15) is 40.4 Å². The van der Waals surface area contributed by atoms with Crippen LogP contribution in [-0.2, 0) is 10.0 Å². The van der Waals surface area contributed by atoms with E-state index in [4.69, 9.17) is 19.2 Å². The Labute approximate surface area is 253 Å². The fourth-order valence-corrected chi connectivity index (χ4v) is 6.76. The van der Waals surface area contributed by atoms with Crippen LogP contribution in [0.1, 0.15) is 30.0 Å². The normalized spacial score (nSPS) is 13.7. The summed E-state index contributed by atoms with van der Waals surface area (Å²) >= 11 is 0. The molecule has 0 unspecified atom stereocenters. The van der Waals surface area contributed by atoms with Gasteiger partial charge in [0.15, 0.2) is 5.76 Å². The van der Waals surface area contributed by atoms with Crippen molar-refractivity contribution < 1.29 is 27.4 Å². The maximum absolute atomic E-state index is 14.5. The van der Waals surface area contributed by atoms with E-state index in [2.05, 4.69) is 33.9 Å². The Morgan fingerprint density at radius 3 is 2.26 bits per heavy atom. The van der Waals surface area contributed by atoms with Crippen molar-refractivity contribution in [2.24, 2.45) is 0 Å². The van der Waals surface area contributed by atoms with Gasteiger partial charge in [0, 0.05) is 12.7 Å². The molecule has 0 amide bonds. The van der Waals surface area contributed by atoms with Crippen molar-refractivity contribution in [3.63, 3.8) is 0 Å². The third kappa shape index (κ3) is 6.64. The third-order valence-corrected chi connectivity index (χ3v) is 10.4. The van der Waals surface area contributed by atoms with Crippen LogP contribution < -0.4 is 13.8 Å². The Bertz CT molecular complexity index is 1700. The monoisotopic (exact) mass is 628 g/mol. The summed E-state index contributed by atoms with van der Waals surface area (Å²) in [6.07, 6.45) is 6.05. The number of aryl methyl sites for hydroxylation is 1. The molecule has 0 bridgehead atoms. The Balaban J connectivity index is 1.95. The number of benzene rings is 1. The van der Waals surface area contributed by atoms with E-state index < -0.39 is 31.4 Å². The minimum absolute atomic E-state index is 0.0256. The summed E-state index contributed by atoms with van der Waals surface area (Å²) in [4.78, 5) is 4.13. The number of pyridine rings is 1. The molecule has 43 heavy (non-hydrogen) atoms. The number of ether oxygens (including phenoxy) is 2. The van der Waals surface area contributed by atoms with Gasteiger partial charge in [0.25, 0.3) is 0 Å². The summed E-state index contributed by atoms with van der Waals surface area (Å²) in [5, 5.41) is 27.8. The first kappa shape index (κ1) is 31.9. The molecule has 3 heterocycles. The standard InChI is InChI=1S/C29H36N6O6S2/c1-19-11-14-25(41-19)28-32-33-29(35(28)26-23(39-3)9-8-10-24(26)40-4)34(15-16-42(5,6)7)43(37,38)20(2)27(36)22-13-12-21(17-30)18-31-22/h8-14,18,20,27,36H,15-16H2,1-7H3/t20-,27+/m0/s1. The van der Waals surface area contributed by atoms with E-state index in [9.17, 15) is 13.5 Å². The van der Waals surface area contributed by atoms with Crippen LogP contribution in [0.5, 0.6) is 11.5 Å². The van der Waals surface area contributed by atoms with Gasteiger partial charge in [-0.3, -0.25) is 9.55 Å². The van der Waals surface area contributed by atoms with Crippen LogP contribution in [0.25, 0.3) is 17.3 Å². The van der Waals surface area contributed by atoms with E-state index in [-0.39, 0.29) is 24.0 Å². The number of methoxy groups -OCH3 is 2. The topological polar surface area (TPSA) is 157 Å². The third-order valence-electron chi connectivity index (χ3n) is 6.80. The van der Waals surface area contributed by atoms with Gasteiger partial charge in [-0.05, 0) is 74.8 Å². The van der Waals surface area contributed by atoms with E-state index in [0.717, 1.165) is 0 Å². The molecular weight excluding hydrogens is 592 g/mol. The van der Waals surface area contributed by atoms with Crippen molar-refractivity contribution in [2.75, 3.05) is 49.6 Å². The lowest BCUT2D eigenvalue weighted by Crippen LogP contribution is -2.43. The lowest BCUT2D eigenvalue weighted by atomic mass is 10.1. The average Bonchev–Trinajstić information content (AvgIpc) is 3.61. The summed E-state index contributed by atoms with van der Waals surface area (Å²) in [5.74, 6) is 2.51. The largest absolute Gasteiger partial charge is 0.494 e. The Morgan fingerprint density at radius 2 is 1.74 bits per heavy atom. The summed E-state index contributed by atoms with van der Waals surface area (Å²) in [6.45, 7) is 3.27. The Kier molecular flexibility index (Phi) is 9.38. The van der Waals surface area contributed by atoms with Gasteiger partial charge in [0.2, 0.25) is 21.8 Å². The Morgan fingerprint density at radius 1 is 1.07 bits per heavy atom. The molecule has 0 fully saturated rings. The molecule has 0 radical (unpaired) electrons. The van der Waals surface area contributed by atoms with Gasteiger partial charge in [-0.2, -0.15) is 5.26 Å². The molecule has 0 aliphatic rings. The number of hydrogen-bond acceptors (Lipinski definition) is 10. The van der Waals surface area contributed by atoms with Crippen molar-refractivity contribution in [3.8, 4) is 34.8 Å². The summed E-state index contributed by atoms with van der Waals surface area (Å²) in [6, 6.07) is 13.6.